The molecule has 3 amide bonds. The first-order valence-corrected chi connectivity index (χ1v) is 11.1. The summed E-state index contributed by atoms with van der Waals surface area (Å²) in [5, 5.41) is 15.4. The molecule has 0 atom stereocenters. The fourth-order valence-corrected chi connectivity index (χ4v) is 5.90. The van der Waals surface area contributed by atoms with Crippen molar-refractivity contribution in [3.63, 3.8) is 0 Å². The number of hydrogen-bond donors (Lipinski definition) is 1. The van der Waals surface area contributed by atoms with Crippen LogP contribution in [0.4, 0.5) is 16.2 Å². The Labute approximate surface area is 176 Å². The van der Waals surface area contributed by atoms with Crippen LogP contribution in [0.2, 0.25) is 0 Å². The Hall–Kier alpha value is -2.59. The van der Waals surface area contributed by atoms with Crippen molar-refractivity contribution in [3.05, 3.63) is 56.8 Å². The summed E-state index contributed by atoms with van der Waals surface area (Å²) in [5.74, 6) is 0.986. The Morgan fingerprint density at radius 1 is 1.10 bits per heavy atom. The van der Waals surface area contributed by atoms with Crippen molar-refractivity contribution in [1.29, 1.82) is 0 Å². The first kappa shape index (κ1) is 19.7. The van der Waals surface area contributed by atoms with Gasteiger partial charge >= 0.3 is 6.03 Å². The van der Waals surface area contributed by atoms with E-state index in [0.29, 0.717) is 18.8 Å². The standard InChI is InChI=1S/C19H20N4O4S2/c24-17(16-2-1-12-28-16)22-11-13-29-19(22)7-9-21(10-8-19)18(25)20-14-3-5-15(6-4-14)23(26)27/h1-6,12H,7-11,13H2,(H,20,25). The van der Waals surface area contributed by atoms with Gasteiger partial charge in [-0.3, -0.25) is 14.9 Å². The largest absolute Gasteiger partial charge is 0.324 e. The van der Waals surface area contributed by atoms with E-state index in [0.717, 1.165) is 30.0 Å². The number of piperidine rings is 1. The number of nitrogens with one attached hydrogen (secondary N) is 1. The summed E-state index contributed by atoms with van der Waals surface area (Å²) in [5.41, 5.74) is 0.502. The van der Waals surface area contributed by atoms with Crippen molar-refractivity contribution in [2.24, 2.45) is 0 Å². The van der Waals surface area contributed by atoms with Crippen molar-refractivity contribution in [2.75, 3.05) is 30.7 Å². The lowest BCUT2D eigenvalue weighted by Crippen LogP contribution is -2.54. The number of nitro groups is 1. The second-order valence-corrected chi connectivity index (χ2v) is 9.35. The lowest BCUT2D eigenvalue weighted by Gasteiger charge is -2.43. The lowest BCUT2D eigenvalue weighted by molar-refractivity contribution is -0.384. The maximum atomic E-state index is 12.9. The second-order valence-electron chi connectivity index (χ2n) is 6.95. The number of likely N-dealkylation sites (tertiary alicyclic amines) is 1. The molecule has 2 saturated heterocycles. The zero-order chi connectivity index (χ0) is 20.4. The van der Waals surface area contributed by atoms with Crippen LogP contribution in [0, 0.1) is 10.1 Å². The van der Waals surface area contributed by atoms with Gasteiger partial charge in [0.2, 0.25) is 0 Å². The normalized spacial score (nSPS) is 18.1. The smallest absolute Gasteiger partial charge is 0.321 e. The van der Waals surface area contributed by atoms with Crippen LogP contribution in [0.15, 0.2) is 41.8 Å². The molecule has 0 unspecified atom stereocenters. The van der Waals surface area contributed by atoms with Crippen LogP contribution >= 0.6 is 23.1 Å². The molecule has 8 nitrogen and oxygen atoms in total. The zero-order valence-corrected chi connectivity index (χ0v) is 17.2. The fourth-order valence-electron chi connectivity index (χ4n) is 3.77. The summed E-state index contributed by atoms with van der Waals surface area (Å²) < 4.78 is 0. The first-order chi connectivity index (χ1) is 14.0. The van der Waals surface area contributed by atoms with E-state index in [1.807, 2.05) is 34.2 Å². The molecule has 2 aliphatic heterocycles. The number of carbonyl (C=O) groups excluding carboxylic acids is 2. The number of carbonyl (C=O) groups is 2. The molecule has 1 aromatic carbocycles. The molecule has 0 bridgehead atoms. The first-order valence-electron chi connectivity index (χ1n) is 9.28. The molecule has 10 heteroatoms. The topological polar surface area (TPSA) is 95.8 Å². The second kappa shape index (κ2) is 8.03. The Morgan fingerprint density at radius 2 is 1.83 bits per heavy atom. The third-order valence-electron chi connectivity index (χ3n) is 5.32. The van der Waals surface area contributed by atoms with E-state index in [1.165, 1.54) is 35.6 Å². The minimum atomic E-state index is -0.474. The average Bonchev–Trinajstić information content (AvgIpc) is 3.39. The van der Waals surface area contributed by atoms with Crippen LogP contribution in [0.1, 0.15) is 22.5 Å². The lowest BCUT2D eigenvalue weighted by atomic mass is 10.0. The highest BCUT2D eigenvalue weighted by Crippen LogP contribution is 2.44. The minimum absolute atomic E-state index is 0.0170. The van der Waals surface area contributed by atoms with E-state index >= 15 is 0 Å². The SMILES string of the molecule is O=C(Nc1ccc([N+](=O)[O-])cc1)N1CCC2(CC1)SCCN2C(=O)c1cccs1. The molecule has 0 radical (unpaired) electrons. The van der Waals surface area contributed by atoms with Crippen molar-refractivity contribution in [3.8, 4) is 0 Å². The number of hydrogen-bond acceptors (Lipinski definition) is 6. The molecule has 152 valence electrons. The van der Waals surface area contributed by atoms with E-state index < -0.39 is 4.92 Å². The number of non-ortho nitro benzene ring substituents is 1. The highest BCUT2D eigenvalue weighted by Gasteiger charge is 2.47. The minimum Gasteiger partial charge on any atom is -0.324 e. The summed E-state index contributed by atoms with van der Waals surface area (Å²) in [6.07, 6.45) is 1.45. The van der Waals surface area contributed by atoms with Gasteiger partial charge in [0, 0.05) is 43.2 Å². The molecule has 1 N–H and O–H groups in total. The van der Waals surface area contributed by atoms with Crippen LogP contribution in [0.3, 0.4) is 0 Å². The van der Waals surface area contributed by atoms with Crippen molar-refractivity contribution in [2.45, 2.75) is 17.7 Å². The summed E-state index contributed by atoms with van der Waals surface area (Å²) in [7, 11) is 0. The van der Waals surface area contributed by atoms with Gasteiger partial charge in [0.25, 0.3) is 11.6 Å². The monoisotopic (exact) mass is 432 g/mol. The number of anilines is 1. The number of rotatable bonds is 3. The number of thiophene rings is 1. The summed E-state index contributed by atoms with van der Waals surface area (Å²) >= 11 is 3.27. The van der Waals surface area contributed by atoms with Crippen molar-refractivity contribution < 1.29 is 14.5 Å². The maximum absolute atomic E-state index is 12.9. The van der Waals surface area contributed by atoms with Gasteiger partial charge in [-0.25, -0.2) is 4.79 Å². The number of nitrogens with zero attached hydrogens (tertiary/aromatic N) is 3. The summed E-state index contributed by atoms with van der Waals surface area (Å²) in [6.45, 7) is 1.84. The number of thioether (sulfide) groups is 1. The Kier molecular flexibility index (Phi) is 5.46. The van der Waals surface area contributed by atoms with Gasteiger partial charge in [0.1, 0.15) is 0 Å². The zero-order valence-electron chi connectivity index (χ0n) is 15.6. The average molecular weight is 433 g/mol. The van der Waals surface area contributed by atoms with Gasteiger partial charge in [-0.2, -0.15) is 0 Å². The summed E-state index contributed by atoms with van der Waals surface area (Å²) in [6, 6.07) is 9.29. The molecule has 1 spiro atoms. The van der Waals surface area contributed by atoms with Gasteiger partial charge in [-0.05, 0) is 36.4 Å². The van der Waals surface area contributed by atoms with Gasteiger partial charge in [-0.15, -0.1) is 23.1 Å². The molecule has 0 saturated carbocycles. The summed E-state index contributed by atoms with van der Waals surface area (Å²) in [4.78, 5) is 40.0. The number of urea groups is 1. The third-order valence-corrected chi connectivity index (χ3v) is 7.73. The van der Waals surface area contributed by atoms with Crippen molar-refractivity contribution >= 4 is 46.4 Å². The van der Waals surface area contributed by atoms with E-state index in [9.17, 15) is 19.7 Å². The molecule has 2 fully saturated rings. The number of amides is 3. The highest BCUT2D eigenvalue weighted by atomic mass is 32.2. The van der Waals surface area contributed by atoms with Crippen LogP contribution in [-0.4, -0.2) is 56.9 Å². The van der Waals surface area contributed by atoms with E-state index in [2.05, 4.69) is 5.32 Å². The van der Waals surface area contributed by atoms with E-state index in [1.54, 1.807) is 4.90 Å². The Balaban J connectivity index is 1.37. The van der Waals surface area contributed by atoms with Gasteiger partial charge in [-0.1, -0.05) is 6.07 Å². The van der Waals surface area contributed by atoms with Gasteiger partial charge in [0.15, 0.2) is 0 Å². The molecule has 1 aromatic heterocycles. The molecule has 3 heterocycles. The molecular weight excluding hydrogens is 412 g/mol. The van der Waals surface area contributed by atoms with Crippen LogP contribution in [-0.2, 0) is 0 Å². The molecular formula is C19H20N4O4S2. The van der Waals surface area contributed by atoms with Gasteiger partial charge in [0.05, 0.1) is 14.7 Å². The molecule has 2 aliphatic rings. The predicted molar refractivity (Wildman–Crippen MR) is 113 cm³/mol. The Morgan fingerprint density at radius 3 is 2.45 bits per heavy atom. The fraction of sp³-hybridized carbons (Fsp3) is 0.368. The quantitative estimate of drug-likeness (QED) is 0.587. The predicted octanol–water partition coefficient (Wildman–Crippen LogP) is 3.87. The van der Waals surface area contributed by atoms with E-state index in [-0.39, 0.29) is 22.5 Å². The highest BCUT2D eigenvalue weighted by molar-refractivity contribution is 8.00. The molecule has 4 rings (SSSR count). The number of nitro benzene ring substituents is 1. The Bertz CT molecular complexity index is 909. The molecule has 2 aromatic rings. The van der Waals surface area contributed by atoms with Crippen molar-refractivity contribution in [1.82, 2.24) is 9.80 Å². The third kappa shape index (κ3) is 3.95. The number of benzene rings is 1. The van der Waals surface area contributed by atoms with Crippen LogP contribution < -0.4 is 5.32 Å². The van der Waals surface area contributed by atoms with Crippen LogP contribution in [0.5, 0.6) is 0 Å². The maximum Gasteiger partial charge on any atom is 0.321 e. The van der Waals surface area contributed by atoms with Crippen LogP contribution in [0.25, 0.3) is 0 Å². The molecule has 29 heavy (non-hydrogen) atoms. The molecule has 0 aliphatic carbocycles. The van der Waals surface area contributed by atoms with E-state index in [4.69, 9.17) is 0 Å². The van der Waals surface area contributed by atoms with Gasteiger partial charge < -0.3 is 15.1 Å².